The van der Waals surface area contributed by atoms with E-state index in [-0.39, 0.29) is 15.9 Å². The normalized spacial score (nSPS) is 11.1. The van der Waals surface area contributed by atoms with Gasteiger partial charge in [-0.05, 0) is 67.2 Å². The molecule has 1 heterocycles. The highest BCUT2D eigenvalue weighted by atomic mass is 32.1. The number of aryl methyl sites for hydroxylation is 1. The van der Waals surface area contributed by atoms with Crippen molar-refractivity contribution in [3.63, 3.8) is 0 Å². The average Bonchev–Trinajstić information content (AvgIpc) is 2.63. The number of H-pyrrole nitrogens is 1. The van der Waals surface area contributed by atoms with Crippen molar-refractivity contribution in [2.75, 3.05) is 0 Å². The summed E-state index contributed by atoms with van der Waals surface area (Å²) in [6.45, 7) is 1.67. The van der Waals surface area contributed by atoms with E-state index in [4.69, 9.17) is 17.3 Å². The molecule has 28 heavy (non-hydrogen) atoms. The molecular formula is C19H14FN3O4S. The molecule has 1 aromatic heterocycles. The van der Waals surface area contributed by atoms with E-state index in [2.05, 4.69) is 9.98 Å². The predicted octanol–water partition coefficient (Wildman–Crippen LogP) is 3.50. The van der Waals surface area contributed by atoms with Gasteiger partial charge in [-0.25, -0.2) is 9.18 Å². The van der Waals surface area contributed by atoms with E-state index in [9.17, 15) is 19.1 Å². The summed E-state index contributed by atoms with van der Waals surface area (Å²) < 4.78 is 14.3. The minimum Gasteiger partial charge on any atom is -0.494 e. The number of aromatic nitrogens is 2. The van der Waals surface area contributed by atoms with Gasteiger partial charge in [0.05, 0.1) is 16.9 Å². The van der Waals surface area contributed by atoms with Crippen LogP contribution in [0.3, 0.4) is 0 Å². The van der Waals surface area contributed by atoms with Crippen molar-refractivity contribution < 1.29 is 19.4 Å². The van der Waals surface area contributed by atoms with Crippen LogP contribution in [0.1, 0.15) is 21.5 Å². The van der Waals surface area contributed by atoms with Crippen molar-refractivity contribution in [2.45, 2.75) is 6.92 Å². The lowest BCUT2D eigenvalue weighted by molar-refractivity contribution is 0.0697. The Kier molecular flexibility index (Phi) is 5.18. The summed E-state index contributed by atoms with van der Waals surface area (Å²) in [5, 5.41) is 19.6. The van der Waals surface area contributed by atoms with E-state index in [0.29, 0.717) is 16.9 Å². The fourth-order valence-corrected chi connectivity index (χ4v) is 2.84. The fraction of sp³-hybridized carbons (Fsp3) is 0.0526. The van der Waals surface area contributed by atoms with E-state index < -0.39 is 23.2 Å². The number of hydrogen-bond donors (Lipinski definition) is 3. The Labute approximate surface area is 163 Å². The zero-order chi connectivity index (χ0) is 20.4. The van der Waals surface area contributed by atoms with Crippen molar-refractivity contribution in [1.82, 2.24) is 9.55 Å². The molecule has 0 bridgehead atoms. The summed E-state index contributed by atoms with van der Waals surface area (Å²) in [5.41, 5.74) is 0.681. The van der Waals surface area contributed by atoms with Gasteiger partial charge >= 0.3 is 5.97 Å². The maximum absolute atomic E-state index is 13.2. The van der Waals surface area contributed by atoms with Gasteiger partial charge < -0.3 is 10.2 Å². The number of carboxylic acids is 1. The third-order valence-electron chi connectivity index (χ3n) is 3.98. The highest BCUT2D eigenvalue weighted by molar-refractivity contribution is 7.71. The van der Waals surface area contributed by atoms with Gasteiger partial charge in [0.15, 0.2) is 4.77 Å². The molecule has 0 unspecified atom stereocenters. The third-order valence-corrected chi connectivity index (χ3v) is 4.27. The molecule has 142 valence electrons. The number of aromatic hydroxyl groups is 1. The molecule has 0 spiro atoms. The molecule has 0 saturated carbocycles. The van der Waals surface area contributed by atoms with E-state index in [1.165, 1.54) is 47.0 Å². The minimum atomic E-state index is -1.06. The number of aromatic carboxylic acids is 1. The molecule has 0 atom stereocenters. The summed E-state index contributed by atoms with van der Waals surface area (Å²) in [6.07, 6.45) is 1.16. The molecule has 0 fully saturated rings. The molecule has 0 radical (unpaired) electrons. The van der Waals surface area contributed by atoms with Gasteiger partial charge in [-0.1, -0.05) is 0 Å². The first kappa shape index (κ1) is 19.2. The number of carboxylic acid groups (broad SMARTS) is 1. The number of aromatic amines is 1. The summed E-state index contributed by atoms with van der Waals surface area (Å²) in [4.78, 5) is 29.8. The zero-order valence-electron chi connectivity index (χ0n) is 14.5. The number of carbonyl (C=O) groups is 1. The number of nitrogens with zero attached hydrogens (tertiary/aromatic N) is 2. The largest absolute Gasteiger partial charge is 0.494 e. The lowest BCUT2D eigenvalue weighted by Crippen LogP contribution is -2.18. The molecule has 9 heteroatoms. The van der Waals surface area contributed by atoms with Gasteiger partial charge in [-0.3, -0.25) is 19.3 Å². The van der Waals surface area contributed by atoms with Gasteiger partial charge in [-0.15, -0.1) is 0 Å². The summed E-state index contributed by atoms with van der Waals surface area (Å²) in [6, 6.07) is 9.53. The second-order valence-corrected chi connectivity index (χ2v) is 6.26. The average molecular weight is 399 g/mol. The van der Waals surface area contributed by atoms with Crippen molar-refractivity contribution in [1.29, 1.82) is 0 Å². The van der Waals surface area contributed by atoms with Gasteiger partial charge in [0.2, 0.25) is 5.88 Å². The quantitative estimate of drug-likeness (QED) is 0.460. The van der Waals surface area contributed by atoms with Gasteiger partial charge in [0, 0.05) is 6.21 Å². The second-order valence-electron chi connectivity index (χ2n) is 5.87. The van der Waals surface area contributed by atoms with Crippen LogP contribution in [0.15, 0.2) is 52.3 Å². The van der Waals surface area contributed by atoms with Crippen LogP contribution in [0.25, 0.3) is 5.69 Å². The Morgan fingerprint density at radius 1 is 1.25 bits per heavy atom. The number of rotatable bonds is 4. The Bertz CT molecular complexity index is 1210. The predicted molar refractivity (Wildman–Crippen MR) is 104 cm³/mol. The smallest absolute Gasteiger partial charge is 0.335 e. The summed E-state index contributed by atoms with van der Waals surface area (Å²) in [5.74, 6) is -1.97. The Balaban J connectivity index is 2.08. The summed E-state index contributed by atoms with van der Waals surface area (Å²) in [7, 11) is 0. The number of halogens is 1. The van der Waals surface area contributed by atoms with Gasteiger partial charge in [-0.2, -0.15) is 0 Å². The highest BCUT2D eigenvalue weighted by Crippen LogP contribution is 2.22. The first-order valence-corrected chi connectivity index (χ1v) is 8.41. The SMILES string of the molecule is Cc1cc(C(=O)O)ccc1N=Cc1c(O)n(-c2ccc(F)cc2)c(=S)[nH]c1=O. The maximum Gasteiger partial charge on any atom is 0.335 e. The molecule has 0 aliphatic rings. The van der Waals surface area contributed by atoms with E-state index >= 15 is 0 Å². The van der Waals surface area contributed by atoms with E-state index in [1.807, 2.05) is 0 Å². The Morgan fingerprint density at radius 3 is 2.54 bits per heavy atom. The molecule has 3 rings (SSSR count). The number of hydrogen-bond acceptors (Lipinski definition) is 5. The van der Waals surface area contributed by atoms with Crippen molar-refractivity contribution in [2.24, 2.45) is 4.99 Å². The van der Waals surface area contributed by atoms with Crippen molar-refractivity contribution in [3.05, 3.63) is 80.1 Å². The molecule has 0 saturated heterocycles. The first-order chi connectivity index (χ1) is 13.3. The van der Waals surface area contributed by atoms with Crippen molar-refractivity contribution in [3.8, 4) is 11.6 Å². The van der Waals surface area contributed by atoms with E-state index in [0.717, 1.165) is 6.21 Å². The summed E-state index contributed by atoms with van der Waals surface area (Å²) >= 11 is 5.09. The van der Waals surface area contributed by atoms with E-state index in [1.54, 1.807) is 6.92 Å². The van der Waals surface area contributed by atoms with Crippen LogP contribution in [0.4, 0.5) is 10.1 Å². The van der Waals surface area contributed by atoms with Crippen LogP contribution in [0.5, 0.6) is 5.88 Å². The van der Waals surface area contributed by atoms with Crippen LogP contribution < -0.4 is 5.56 Å². The van der Waals surface area contributed by atoms with Gasteiger partial charge in [0.1, 0.15) is 11.4 Å². The lowest BCUT2D eigenvalue weighted by atomic mass is 10.1. The second kappa shape index (κ2) is 7.57. The number of nitrogens with one attached hydrogen (secondary N) is 1. The van der Waals surface area contributed by atoms with Crippen LogP contribution in [-0.2, 0) is 0 Å². The van der Waals surface area contributed by atoms with Crippen LogP contribution >= 0.6 is 12.2 Å². The molecule has 2 aromatic carbocycles. The molecule has 0 amide bonds. The van der Waals surface area contributed by atoms with Crippen molar-refractivity contribution >= 4 is 30.1 Å². The standard InChI is InChI=1S/C19H14FN3O4S/c1-10-8-11(18(26)27)2-7-15(10)21-9-14-16(24)22-19(28)23(17(14)25)13-5-3-12(20)4-6-13/h2-9,25H,1H3,(H,26,27)(H,22,24,28). The Morgan fingerprint density at radius 2 is 1.93 bits per heavy atom. The van der Waals surface area contributed by atoms with Crippen LogP contribution in [0.2, 0.25) is 0 Å². The number of benzene rings is 2. The van der Waals surface area contributed by atoms with Crippen LogP contribution in [-0.4, -0.2) is 31.9 Å². The topological polar surface area (TPSA) is 108 Å². The number of aliphatic imine (C=N–C) groups is 1. The third kappa shape index (κ3) is 3.74. The Hall–Kier alpha value is -3.59. The molecular weight excluding hydrogens is 385 g/mol. The van der Waals surface area contributed by atoms with Crippen LogP contribution in [0, 0.1) is 17.5 Å². The molecule has 7 nitrogen and oxygen atoms in total. The van der Waals surface area contributed by atoms with Gasteiger partial charge in [0.25, 0.3) is 5.56 Å². The first-order valence-electron chi connectivity index (χ1n) is 8.00. The molecule has 0 aliphatic heterocycles. The zero-order valence-corrected chi connectivity index (χ0v) is 15.3. The maximum atomic E-state index is 13.2. The molecule has 0 aliphatic carbocycles. The fourth-order valence-electron chi connectivity index (χ4n) is 2.55. The highest BCUT2D eigenvalue weighted by Gasteiger charge is 2.13. The molecule has 3 aromatic rings. The molecule has 3 N–H and O–H groups in total. The monoisotopic (exact) mass is 399 g/mol. The lowest BCUT2D eigenvalue weighted by Gasteiger charge is -2.11. The minimum absolute atomic E-state index is 0.0618.